The maximum absolute atomic E-state index is 12.0. The van der Waals surface area contributed by atoms with Gasteiger partial charge in [0, 0.05) is 23.4 Å². The van der Waals surface area contributed by atoms with Crippen LogP contribution in [-0.2, 0) is 11.0 Å². The minimum absolute atomic E-state index is 0.369. The van der Waals surface area contributed by atoms with Crippen LogP contribution in [0.15, 0.2) is 34.9 Å². The number of nitrogens with zero attached hydrogens (tertiary/aromatic N) is 2. The molecule has 20 heavy (non-hydrogen) atoms. The molecule has 0 spiro atoms. The van der Waals surface area contributed by atoms with Crippen LogP contribution in [-0.4, -0.2) is 27.3 Å². The largest absolute Gasteiger partial charge is 0.481 e. The second kappa shape index (κ2) is 5.71. The summed E-state index contributed by atoms with van der Waals surface area (Å²) in [5.74, 6) is 0.578. The number of rotatable bonds is 3. The van der Waals surface area contributed by atoms with E-state index in [1.54, 1.807) is 19.5 Å². The summed E-state index contributed by atoms with van der Waals surface area (Å²) >= 11 is 0. The summed E-state index contributed by atoms with van der Waals surface area (Å²) in [5, 5.41) is 1.90. The van der Waals surface area contributed by atoms with Crippen molar-refractivity contribution in [1.82, 2.24) is 4.98 Å². The first-order chi connectivity index (χ1) is 9.43. The zero-order valence-electron chi connectivity index (χ0n) is 12.1. The maximum atomic E-state index is 12.0. The van der Waals surface area contributed by atoms with Crippen LogP contribution < -0.4 is 4.74 Å². The lowest BCUT2D eigenvalue weighted by Gasteiger charge is -2.13. The standard InChI is InChI=1S/C15H18N2O2S/c1-15(2,3)20(18)17-10-11-9-16-14(19-4)13-8-6-5-7-12(11)13/h5-10H,1-4H3/b17-10+/t20-/m0/s1. The Morgan fingerprint density at radius 1 is 1.25 bits per heavy atom. The average Bonchev–Trinajstić information content (AvgIpc) is 2.43. The molecular formula is C15H18N2O2S. The molecule has 0 saturated heterocycles. The Morgan fingerprint density at radius 2 is 1.90 bits per heavy atom. The zero-order valence-corrected chi connectivity index (χ0v) is 12.9. The molecular weight excluding hydrogens is 272 g/mol. The van der Waals surface area contributed by atoms with Crippen molar-refractivity contribution in [2.24, 2.45) is 4.40 Å². The molecule has 1 heterocycles. The molecule has 5 heteroatoms. The highest BCUT2D eigenvalue weighted by Crippen LogP contribution is 2.25. The van der Waals surface area contributed by atoms with Crippen LogP contribution in [0.3, 0.4) is 0 Å². The lowest BCUT2D eigenvalue weighted by atomic mass is 10.1. The maximum Gasteiger partial charge on any atom is 0.221 e. The number of pyridine rings is 1. The number of hydrogen-bond acceptors (Lipinski definition) is 3. The van der Waals surface area contributed by atoms with Crippen molar-refractivity contribution in [1.29, 1.82) is 0 Å². The Balaban J connectivity index is 2.46. The van der Waals surface area contributed by atoms with Gasteiger partial charge in [-0.25, -0.2) is 9.19 Å². The average molecular weight is 290 g/mol. The van der Waals surface area contributed by atoms with Gasteiger partial charge in [-0.15, -0.1) is 0 Å². The Morgan fingerprint density at radius 3 is 2.50 bits per heavy atom. The van der Waals surface area contributed by atoms with E-state index in [1.807, 2.05) is 45.0 Å². The van der Waals surface area contributed by atoms with Gasteiger partial charge in [-0.2, -0.15) is 4.40 Å². The van der Waals surface area contributed by atoms with E-state index in [2.05, 4.69) is 9.38 Å². The Hall–Kier alpha value is -1.75. The molecule has 0 saturated carbocycles. The monoisotopic (exact) mass is 290 g/mol. The van der Waals surface area contributed by atoms with Gasteiger partial charge in [-0.1, -0.05) is 18.2 Å². The quantitative estimate of drug-likeness (QED) is 0.816. The molecule has 4 nitrogen and oxygen atoms in total. The Kier molecular flexibility index (Phi) is 4.18. The summed E-state index contributed by atoms with van der Waals surface area (Å²) in [7, 11) is 0.317. The highest BCUT2D eigenvalue weighted by molar-refractivity contribution is 7.85. The highest BCUT2D eigenvalue weighted by Gasteiger charge is 2.18. The molecule has 0 aliphatic rings. The molecule has 1 aromatic heterocycles. The smallest absolute Gasteiger partial charge is 0.221 e. The van der Waals surface area contributed by atoms with E-state index in [9.17, 15) is 4.21 Å². The van der Waals surface area contributed by atoms with Crippen molar-refractivity contribution in [2.45, 2.75) is 25.5 Å². The summed E-state index contributed by atoms with van der Waals surface area (Å²) in [4.78, 5) is 4.25. The van der Waals surface area contributed by atoms with E-state index in [-0.39, 0.29) is 4.75 Å². The normalized spacial score (nSPS) is 13.8. The summed E-state index contributed by atoms with van der Waals surface area (Å²) in [6.07, 6.45) is 3.31. The van der Waals surface area contributed by atoms with Crippen LogP contribution in [0.5, 0.6) is 5.88 Å². The fraction of sp³-hybridized carbons (Fsp3) is 0.333. The molecule has 1 aromatic carbocycles. The molecule has 1 atom stereocenters. The SMILES string of the molecule is COc1ncc(/C=N/[S@@](=O)C(C)(C)C)c2ccccc12. The van der Waals surface area contributed by atoms with Crippen molar-refractivity contribution < 1.29 is 8.95 Å². The molecule has 0 bridgehead atoms. The highest BCUT2D eigenvalue weighted by atomic mass is 32.2. The van der Waals surface area contributed by atoms with E-state index in [0.29, 0.717) is 5.88 Å². The number of fused-ring (bicyclic) bond motifs is 1. The van der Waals surface area contributed by atoms with Gasteiger partial charge in [-0.3, -0.25) is 0 Å². The second-order valence-corrected chi connectivity index (χ2v) is 7.30. The van der Waals surface area contributed by atoms with Gasteiger partial charge in [-0.05, 0) is 32.2 Å². The number of hydrogen-bond donors (Lipinski definition) is 0. The minimum Gasteiger partial charge on any atom is -0.481 e. The Labute approximate surface area is 121 Å². The topological polar surface area (TPSA) is 51.6 Å². The van der Waals surface area contributed by atoms with Gasteiger partial charge in [0.1, 0.15) is 11.0 Å². The molecule has 106 valence electrons. The lowest BCUT2D eigenvalue weighted by molar-refractivity contribution is 0.403. The summed E-state index contributed by atoms with van der Waals surface area (Å²) in [6.45, 7) is 5.68. The van der Waals surface area contributed by atoms with Crippen LogP contribution in [0.4, 0.5) is 0 Å². The van der Waals surface area contributed by atoms with Gasteiger partial charge in [0.15, 0.2) is 0 Å². The van der Waals surface area contributed by atoms with Crippen molar-refractivity contribution in [3.8, 4) is 5.88 Å². The molecule has 0 N–H and O–H groups in total. The fourth-order valence-electron chi connectivity index (χ4n) is 1.72. The van der Waals surface area contributed by atoms with Crippen LogP contribution >= 0.6 is 0 Å². The number of methoxy groups -OCH3 is 1. The van der Waals surface area contributed by atoms with Crippen LogP contribution in [0.25, 0.3) is 10.8 Å². The third-order valence-corrected chi connectivity index (χ3v) is 4.14. The summed E-state index contributed by atoms with van der Waals surface area (Å²) < 4.78 is 21.0. The van der Waals surface area contributed by atoms with Gasteiger partial charge < -0.3 is 4.74 Å². The molecule has 0 amide bonds. The third kappa shape index (κ3) is 3.04. The predicted molar refractivity (Wildman–Crippen MR) is 83.8 cm³/mol. The first-order valence-electron chi connectivity index (χ1n) is 6.31. The lowest BCUT2D eigenvalue weighted by Crippen LogP contribution is -2.19. The van der Waals surface area contributed by atoms with Gasteiger partial charge in [0.2, 0.25) is 5.88 Å². The molecule has 2 rings (SSSR count). The number of ether oxygens (including phenoxy) is 1. The summed E-state index contributed by atoms with van der Waals surface area (Å²) in [5.41, 5.74) is 0.832. The fourth-order valence-corrected chi connectivity index (χ4v) is 2.24. The Bertz CT molecular complexity index is 675. The number of aromatic nitrogens is 1. The van der Waals surface area contributed by atoms with Crippen molar-refractivity contribution in [3.63, 3.8) is 0 Å². The molecule has 2 aromatic rings. The first kappa shape index (κ1) is 14.7. The second-order valence-electron chi connectivity index (χ2n) is 5.36. The first-order valence-corrected chi connectivity index (χ1v) is 7.42. The van der Waals surface area contributed by atoms with Crippen molar-refractivity contribution >= 4 is 28.0 Å². The van der Waals surface area contributed by atoms with E-state index in [0.717, 1.165) is 16.3 Å². The molecule has 0 fully saturated rings. The van der Waals surface area contributed by atoms with Gasteiger partial charge >= 0.3 is 0 Å². The van der Waals surface area contributed by atoms with Crippen LogP contribution in [0.2, 0.25) is 0 Å². The predicted octanol–water partition coefficient (Wildman–Crippen LogP) is 3.12. The third-order valence-electron chi connectivity index (χ3n) is 2.79. The van der Waals surface area contributed by atoms with Gasteiger partial charge in [0.05, 0.1) is 11.9 Å². The van der Waals surface area contributed by atoms with Crippen molar-refractivity contribution in [3.05, 3.63) is 36.0 Å². The zero-order chi connectivity index (χ0) is 14.8. The van der Waals surface area contributed by atoms with E-state index < -0.39 is 11.0 Å². The van der Waals surface area contributed by atoms with Crippen LogP contribution in [0.1, 0.15) is 26.3 Å². The molecule has 0 radical (unpaired) electrons. The number of benzene rings is 1. The van der Waals surface area contributed by atoms with E-state index in [4.69, 9.17) is 4.74 Å². The van der Waals surface area contributed by atoms with Gasteiger partial charge in [0.25, 0.3) is 0 Å². The van der Waals surface area contributed by atoms with Crippen LogP contribution in [0, 0.1) is 0 Å². The molecule has 0 aliphatic carbocycles. The van der Waals surface area contributed by atoms with Crippen molar-refractivity contribution in [2.75, 3.05) is 7.11 Å². The van der Waals surface area contributed by atoms with E-state index in [1.165, 1.54) is 0 Å². The summed E-state index contributed by atoms with van der Waals surface area (Å²) in [6, 6.07) is 7.79. The minimum atomic E-state index is -1.28. The molecule has 0 unspecified atom stereocenters. The van der Waals surface area contributed by atoms with E-state index >= 15 is 0 Å². The molecule has 0 aliphatic heterocycles.